The molecule has 0 atom stereocenters. The van der Waals surface area contributed by atoms with Crippen LogP contribution in [0.5, 0.6) is 0 Å². The molecule has 124 heavy (non-hydrogen) atoms. The van der Waals surface area contributed by atoms with Gasteiger partial charge in [0.25, 0.3) is 0 Å². The Balaban J connectivity index is -0.00000335. The first-order valence-electron chi connectivity index (χ1n) is 42.8. The summed E-state index contributed by atoms with van der Waals surface area (Å²) in [5.41, 5.74) is 0. The van der Waals surface area contributed by atoms with Gasteiger partial charge in [0.15, 0.2) is 0 Å². The topological polar surface area (TPSA) is 423 Å². The molecule has 42 heteroatoms. The molecule has 0 rings (SSSR count). The minimum absolute atomic E-state index is 0.0324. The smallest absolute Gasteiger partial charge is 0.144 e. The molecular weight excluding hydrogens is 1620 g/mol. The van der Waals surface area contributed by atoms with Crippen molar-refractivity contribution in [1.82, 2.24) is 98.8 Å². The first-order chi connectivity index (χ1) is 60.4. The Morgan fingerprint density at radius 3 is 0.411 bits per heavy atom. The van der Waals surface area contributed by atoms with Crippen molar-refractivity contribution in [2.75, 3.05) is 409 Å². The van der Waals surface area contributed by atoms with Gasteiger partial charge in [0.2, 0.25) is 0 Å². The lowest BCUT2D eigenvalue weighted by molar-refractivity contribution is -0.124. The second-order valence-corrected chi connectivity index (χ2v) is 28.0. The second kappa shape index (κ2) is 98.7. The molecule has 0 aromatic rings. The molecule has 0 saturated carbocycles. The quantitative estimate of drug-likeness (QED) is 0.0220. The van der Waals surface area contributed by atoms with Crippen molar-refractivity contribution in [3.05, 3.63) is 31.0 Å². The third kappa shape index (κ3) is 77.8. The molecule has 0 bridgehead atoms. The highest BCUT2D eigenvalue weighted by molar-refractivity contribution is 5.45. The molecule has 0 aliphatic heterocycles. The van der Waals surface area contributed by atoms with Crippen LogP contribution in [0, 0.1) is 0 Å². The minimum atomic E-state index is -0.0625. The van der Waals surface area contributed by atoms with E-state index in [1.165, 1.54) is 56.3 Å². The van der Waals surface area contributed by atoms with Crippen LogP contribution in [0.4, 0.5) is 0 Å². The molecule has 0 radical (unpaired) electrons. The van der Waals surface area contributed by atoms with Crippen LogP contribution in [0.2, 0.25) is 0 Å². The number of hydrogen-bond donors (Lipinski definition) is 7. The highest BCUT2D eigenvalue weighted by atomic mass is 16.7. The van der Waals surface area contributed by atoms with Crippen LogP contribution in [-0.2, 0) is 72.1 Å². The van der Waals surface area contributed by atoms with Gasteiger partial charge in [-0.3, -0.25) is 73.2 Å². The van der Waals surface area contributed by atoms with E-state index in [0.717, 1.165) is 98.2 Å². The molecule has 0 aromatic carbocycles. The summed E-state index contributed by atoms with van der Waals surface area (Å²) in [4.78, 5) is 160. The molecule has 0 unspecified atom stereocenters. The first-order valence-corrected chi connectivity index (χ1v) is 42.8. The van der Waals surface area contributed by atoms with E-state index < -0.39 is 0 Å². The summed E-state index contributed by atoms with van der Waals surface area (Å²) in [5.74, 6) is 9.19. The predicted octanol–water partition coefficient (Wildman–Crippen LogP) is -6.32. The Morgan fingerprint density at radius 2 is 0.282 bits per heavy atom. The third-order valence-electron chi connectivity index (χ3n) is 19.5. The van der Waals surface area contributed by atoms with Gasteiger partial charge in [0.05, 0.1) is 112 Å². The van der Waals surface area contributed by atoms with Crippen LogP contribution in [0.3, 0.4) is 0 Å². The van der Waals surface area contributed by atoms with Crippen LogP contribution < -0.4 is 0 Å². The zero-order chi connectivity index (χ0) is 94.5. The average molecular weight is 1780 g/mol. The van der Waals surface area contributed by atoms with Crippen molar-refractivity contribution >= 4 is 63.7 Å². The lowest BCUT2D eigenvalue weighted by atomic mass is 10.3. The molecule has 7 N–H and O–H groups in total. The zero-order valence-corrected chi connectivity index (χ0v) is 77.4. The van der Waals surface area contributed by atoms with Crippen molar-refractivity contribution in [2.24, 2.45) is 0 Å². The van der Waals surface area contributed by atoms with Gasteiger partial charge in [-0.1, -0.05) is 0 Å². The molecule has 0 aromatic heterocycles. The number of rotatable bonds is 86. The van der Waals surface area contributed by atoms with E-state index in [-0.39, 0.29) is 46.2 Å². The first kappa shape index (κ1) is 128. The number of nitrogens with zero attached hydrogens (tertiary/aromatic N) is 20. The molecule has 0 amide bonds. The molecule has 0 spiro atoms. The fourth-order valence-electron chi connectivity index (χ4n) is 12.3. The summed E-state index contributed by atoms with van der Waals surface area (Å²) in [5, 5.41) is 77.2. The molecular formula is C82H166N20O22. The van der Waals surface area contributed by atoms with Gasteiger partial charge in [-0.05, 0) is 69.9 Å². The molecule has 42 nitrogen and oxygen atoms in total. The molecule has 0 fully saturated rings. The van der Waals surface area contributed by atoms with Crippen molar-refractivity contribution in [3.63, 3.8) is 0 Å². The third-order valence-corrected chi connectivity index (χ3v) is 19.5. The van der Waals surface area contributed by atoms with E-state index in [1.807, 2.05) is 103 Å². The Hall–Kier alpha value is -6.48. The molecule has 726 valence electrons. The van der Waals surface area contributed by atoms with Crippen molar-refractivity contribution in [3.8, 4) is 0 Å². The van der Waals surface area contributed by atoms with Gasteiger partial charge in [0, 0.05) is 262 Å². The number of carbonyl (C=O) groups excluding carboxylic acids is 10. The Bertz CT molecular complexity index is 2510. The van der Waals surface area contributed by atoms with E-state index in [1.54, 1.807) is 0 Å². The summed E-state index contributed by atoms with van der Waals surface area (Å²) in [6.45, 7) is 48.8. The summed E-state index contributed by atoms with van der Waals surface area (Å²) in [7, 11) is 10.6. The number of hydrogen-bond acceptors (Lipinski definition) is 42. The predicted molar refractivity (Wildman–Crippen MR) is 480 cm³/mol. The maximum atomic E-state index is 11.6. The van der Waals surface area contributed by atoms with Gasteiger partial charge in [-0.15, -0.1) is 0 Å². The van der Waals surface area contributed by atoms with Crippen molar-refractivity contribution in [2.45, 2.75) is 34.6 Å². The van der Waals surface area contributed by atoms with Crippen LogP contribution >= 0.6 is 0 Å². The molecule has 0 aliphatic rings. The second-order valence-electron chi connectivity index (χ2n) is 28.0. The number of aliphatic hydroxyl groups is 7. The lowest BCUT2D eigenvalue weighted by Crippen LogP contribution is -2.48. The molecule has 0 saturated heterocycles. The maximum Gasteiger partial charge on any atom is 0.144 e. The van der Waals surface area contributed by atoms with Crippen LogP contribution in [0.1, 0.15) is 34.6 Å². The number of carbonyl (C=O) groups is 5. The van der Waals surface area contributed by atoms with E-state index in [2.05, 4.69) is 104 Å². The standard InChI is InChI=1S/C77H156N20O17.5CH2O/c1-11-110-93(61-73-105)49-25-81(9)19-18-79(7)21-28-84(34-35-86(40-43-91(57-69-101)58-70-102)36-38-88(46-51-95(63-75-107)112-13-3)47-52-96(64-76-108)113-14-4)32-33-85(39-42-89(54-66-98)48-53-97(65-77-109)114-15-5)29-23-82(10)22-27-83(26-20-78(6)16-17-80(8)24-30-90(55-67-99)56-68-100)31-37-87(41-44-92(59-71-103)60-72-104)45-50-94(62-74-106)111-12-2;5*1-2/h61-65,98-104H,11-60,66-72H2,1-10H3;5*1H2. The Labute approximate surface area is 742 Å². The highest BCUT2D eigenvalue weighted by Crippen LogP contribution is 2.08. The van der Waals surface area contributed by atoms with Crippen LogP contribution in [0.25, 0.3) is 0 Å². The van der Waals surface area contributed by atoms with Gasteiger partial charge in [-0.25, -0.2) is 49.3 Å². The number of hydroxylamine groups is 10. The lowest BCUT2D eigenvalue weighted by Gasteiger charge is -2.35. The maximum absolute atomic E-state index is 11.6. The van der Waals surface area contributed by atoms with Gasteiger partial charge >= 0.3 is 0 Å². The van der Waals surface area contributed by atoms with Crippen LogP contribution in [-0.4, -0.2) is 607 Å². The normalized spacial score (nSPS) is 11.1. The molecule has 0 aliphatic carbocycles. The Kier molecular flexibility index (Phi) is 102. The van der Waals surface area contributed by atoms with Gasteiger partial charge in [-0.2, -0.15) is 0 Å². The van der Waals surface area contributed by atoms with Crippen molar-refractivity contribution < 1.29 is 108 Å². The average Bonchev–Trinajstić information content (AvgIpc) is 0.928. The Morgan fingerprint density at radius 1 is 0.185 bits per heavy atom. The highest BCUT2D eigenvalue weighted by Gasteiger charge is 2.22. The van der Waals surface area contributed by atoms with E-state index in [4.69, 9.17) is 48.2 Å². The fraction of sp³-hybridized carbons (Fsp3) is 0.817. The number of aliphatic hydroxyl groups excluding tert-OH is 7. The fourth-order valence-corrected chi connectivity index (χ4v) is 12.3. The summed E-state index contributed by atoms with van der Waals surface area (Å²) in [6, 6.07) is 0. The van der Waals surface area contributed by atoms with Gasteiger partial charge in [0.1, 0.15) is 94.7 Å². The minimum Gasteiger partial charge on any atom is -0.395 e. The largest absolute Gasteiger partial charge is 0.395 e. The van der Waals surface area contributed by atoms with Crippen molar-refractivity contribution in [1.29, 1.82) is 0 Å². The van der Waals surface area contributed by atoms with E-state index >= 15 is 0 Å². The summed E-state index contributed by atoms with van der Waals surface area (Å²) < 4.78 is 0. The monoisotopic (exact) mass is 1780 g/mol. The van der Waals surface area contributed by atoms with Crippen LogP contribution in [0.15, 0.2) is 31.0 Å². The number of likely N-dealkylation sites (N-methyl/N-ethyl adjacent to an activating group) is 5. The molecule has 0 heterocycles. The summed E-state index contributed by atoms with van der Waals surface area (Å²) in [6.07, 6.45) is 6.30. The zero-order valence-electron chi connectivity index (χ0n) is 77.4. The van der Waals surface area contributed by atoms with E-state index in [9.17, 15) is 59.7 Å². The van der Waals surface area contributed by atoms with E-state index in [0.29, 0.717) is 229 Å². The summed E-state index contributed by atoms with van der Waals surface area (Å²) >= 11 is 0. The SMILES string of the molecule is C=O.C=O.C=O.C=O.C=O.CCON(C=C=O)CCN(C)CCN(C)CCN(CCN(CCN(C)CCN(CCN(C)CCN(C)CCN(CCO)CCO)CCN(CCN(CCO)CCO)CCN(C=C=O)OCC)CCN(CCO)CCN(C=C=O)OCC)CCN(CCN(CCO)CCO)CCN(CCN(C=C=O)OCC)CCN(C=C=O)OCC. The van der Waals surface area contributed by atoms with Gasteiger partial charge < -0.3 is 84.2 Å².